The lowest BCUT2D eigenvalue weighted by Gasteiger charge is -2.28. The molecule has 3 N–H and O–H groups in total. The van der Waals surface area contributed by atoms with Crippen molar-refractivity contribution in [1.82, 2.24) is 0 Å². The Balaban J connectivity index is 1.34. The Morgan fingerprint density at radius 2 is 1.47 bits per heavy atom. The quantitative estimate of drug-likeness (QED) is 0.140. The van der Waals surface area contributed by atoms with Crippen LogP contribution in [0.5, 0.6) is 11.5 Å². The number of hydrogen-bond acceptors (Lipinski definition) is 5. The summed E-state index contributed by atoms with van der Waals surface area (Å²) in [5, 5.41) is 14.4. The third-order valence-corrected chi connectivity index (χ3v) is 8.53. The number of fused-ring (bicyclic) bond motifs is 2. The van der Waals surface area contributed by atoms with Crippen LogP contribution >= 0.6 is 0 Å². The highest BCUT2D eigenvalue weighted by molar-refractivity contribution is 6.28. The van der Waals surface area contributed by atoms with Gasteiger partial charge in [-0.1, -0.05) is 90.1 Å². The Bertz CT molecular complexity index is 1610. The third kappa shape index (κ3) is 5.63. The van der Waals surface area contributed by atoms with Crippen LogP contribution in [-0.4, -0.2) is 33.5 Å². The minimum atomic E-state index is -0.867. The standard InChI is InChI=1S/C37H41NO5/c1-20-12-13-21(2)30-29(20)34(41)31(35(30)42)26-16-15-23-10-9-11-27(32(23)38-26)43-28(39)17-14-22-18-24(36(3,4)5)33(40)25(19-22)37(6,7)8/h9-13,15-16,18-19,26,31,38,40H,14,17H2,1-8H3/p+1. The molecule has 1 atom stereocenters. The van der Waals surface area contributed by atoms with Gasteiger partial charge in [-0.25, -0.2) is 0 Å². The van der Waals surface area contributed by atoms with E-state index in [0.29, 0.717) is 34.7 Å². The number of anilines is 1. The highest BCUT2D eigenvalue weighted by Gasteiger charge is 2.45. The molecule has 0 radical (unpaired) electrons. The number of Topliss-reactive ketones (excluding diaryl/α,β-unsaturated/α-hetero) is 2. The van der Waals surface area contributed by atoms with E-state index in [4.69, 9.17) is 4.74 Å². The molecule has 3 aromatic rings. The molecule has 1 aliphatic carbocycles. The summed E-state index contributed by atoms with van der Waals surface area (Å²) >= 11 is 0. The van der Waals surface area contributed by atoms with Gasteiger partial charge in [-0.15, -0.1) is 0 Å². The number of aromatic hydroxyl groups is 1. The van der Waals surface area contributed by atoms with Crippen molar-refractivity contribution in [3.8, 4) is 11.5 Å². The van der Waals surface area contributed by atoms with Crippen LogP contribution in [0.25, 0.3) is 6.08 Å². The lowest BCUT2D eigenvalue weighted by molar-refractivity contribution is 0.0833. The van der Waals surface area contributed by atoms with Gasteiger partial charge in [-0.05, 0) is 58.9 Å². The molecule has 5 rings (SSSR count). The molecule has 0 saturated heterocycles. The van der Waals surface area contributed by atoms with Crippen LogP contribution in [0.1, 0.15) is 102 Å². The maximum absolute atomic E-state index is 13.5. The molecule has 1 aliphatic heterocycles. The number of ketones is 2. The zero-order chi connectivity index (χ0) is 31.4. The first-order chi connectivity index (χ1) is 20.1. The van der Waals surface area contributed by atoms with Gasteiger partial charge in [0.05, 0.1) is 6.04 Å². The van der Waals surface area contributed by atoms with Gasteiger partial charge in [0.1, 0.15) is 23.8 Å². The van der Waals surface area contributed by atoms with Crippen molar-refractivity contribution in [1.29, 1.82) is 0 Å². The summed E-state index contributed by atoms with van der Waals surface area (Å²) in [4.78, 5) is 37.9. The number of ether oxygens (including phenoxy) is 1. The summed E-state index contributed by atoms with van der Waals surface area (Å²) in [6.07, 6.45) is 4.53. The summed E-state index contributed by atoms with van der Waals surface area (Å²) in [5.74, 6) is -0.603. The molecule has 0 aromatic heterocycles. The summed E-state index contributed by atoms with van der Waals surface area (Å²) in [6, 6.07) is 12.8. The lowest BCUT2D eigenvalue weighted by Crippen LogP contribution is -2.36. The number of aryl methyl sites for hydroxylation is 3. The highest BCUT2D eigenvalue weighted by atomic mass is 16.5. The predicted octanol–water partition coefficient (Wildman–Crippen LogP) is 7.62. The van der Waals surface area contributed by atoms with Crippen LogP contribution < -0.4 is 10.1 Å². The summed E-state index contributed by atoms with van der Waals surface area (Å²) < 4.78 is 5.97. The molecule has 6 nitrogen and oxygen atoms in total. The van der Waals surface area contributed by atoms with Gasteiger partial charge < -0.3 is 15.2 Å². The molecule has 3 aromatic carbocycles. The fourth-order valence-electron chi connectivity index (χ4n) is 6.16. The van der Waals surface area contributed by atoms with E-state index in [1.54, 1.807) is 6.07 Å². The first-order valence-corrected chi connectivity index (χ1v) is 14.9. The van der Waals surface area contributed by atoms with E-state index in [1.165, 1.54) is 0 Å². The maximum atomic E-state index is 13.5. The van der Waals surface area contributed by atoms with Crippen LogP contribution in [0.4, 0.5) is 5.69 Å². The minimum Gasteiger partial charge on any atom is -0.507 e. The number of carbonyl (C=O) groups excluding carboxylic acids is 3. The SMILES string of the molecule is Cc1ccc(C)c2c1C(=O)C(C1C=Cc3cccc(OC(=[OH+])CCc4cc(C(C)(C)C)c(O)c(C(C)(C)C)c4)c3N1)C2=O. The van der Waals surface area contributed by atoms with Crippen LogP contribution in [0.3, 0.4) is 0 Å². The van der Waals surface area contributed by atoms with Crippen molar-refractivity contribution in [3.63, 3.8) is 0 Å². The molecule has 0 fully saturated rings. The lowest BCUT2D eigenvalue weighted by atomic mass is 9.78. The molecule has 1 unspecified atom stereocenters. The largest absolute Gasteiger partial charge is 0.507 e. The number of esters is 1. The summed E-state index contributed by atoms with van der Waals surface area (Å²) in [5.41, 5.74) is 6.37. The van der Waals surface area contributed by atoms with Crippen molar-refractivity contribution in [2.75, 3.05) is 5.32 Å². The van der Waals surface area contributed by atoms with Gasteiger partial charge in [0.2, 0.25) is 0 Å². The second-order valence-corrected chi connectivity index (χ2v) is 13.9. The number of phenols is 1. The van der Waals surface area contributed by atoms with E-state index in [-0.39, 0.29) is 34.8 Å². The van der Waals surface area contributed by atoms with Crippen molar-refractivity contribution in [2.24, 2.45) is 5.92 Å². The van der Waals surface area contributed by atoms with E-state index < -0.39 is 12.0 Å². The normalized spacial score (nSPS) is 16.6. The molecule has 0 saturated carbocycles. The van der Waals surface area contributed by atoms with Gasteiger partial charge in [0.15, 0.2) is 11.6 Å². The fourth-order valence-corrected chi connectivity index (χ4v) is 6.16. The minimum absolute atomic E-state index is 0.143. The van der Waals surface area contributed by atoms with Gasteiger partial charge in [0, 0.05) is 22.8 Å². The van der Waals surface area contributed by atoms with Crippen LogP contribution in [0.15, 0.2) is 48.5 Å². The van der Waals surface area contributed by atoms with Gasteiger partial charge in [-0.2, -0.15) is 0 Å². The van der Waals surface area contributed by atoms with Crippen LogP contribution in [-0.2, 0) is 17.3 Å². The van der Waals surface area contributed by atoms with E-state index in [1.807, 2.05) is 62.4 Å². The van der Waals surface area contributed by atoms with E-state index in [9.17, 15) is 19.5 Å². The molecule has 224 valence electrons. The number of nitrogens with one attached hydrogen (secondary N) is 1. The third-order valence-electron chi connectivity index (χ3n) is 8.53. The molecule has 0 bridgehead atoms. The second kappa shape index (κ2) is 10.8. The predicted molar refractivity (Wildman–Crippen MR) is 172 cm³/mol. The monoisotopic (exact) mass is 580 g/mol. The van der Waals surface area contributed by atoms with Crippen LogP contribution in [0, 0.1) is 19.8 Å². The maximum Gasteiger partial charge on any atom is 0.489 e. The van der Waals surface area contributed by atoms with Gasteiger partial charge >= 0.3 is 5.97 Å². The number of rotatable bonds is 5. The Morgan fingerprint density at radius 3 is 2.00 bits per heavy atom. The Labute approximate surface area is 254 Å². The zero-order valence-corrected chi connectivity index (χ0v) is 26.4. The molecular formula is C37H42NO5+. The average Bonchev–Trinajstić information content (AvgIpc) is 3.19. The van der Waals surface area contributed by atoms with E-state index >= 15 is 0 Å². The number of phenolic OH excluding ortho intramolecular Hbond substituents is 1. The van der Waals surface area contributed by atoms with Crippen molar-refractivity contribution in [2.45, 2.75) is 85.1 Å². The topological polar surface area (TPSA) is 97.0 Å². The molecular weight excluding hydrogens is 538 g/mol. The van der Waals surface area contributed by atoms with Crippen molar-refractivity contribution < 1.29 is 24.2 Å². The molecule has 0 amide bonds. The molecule has 43 heavy (non-hydrogen) atoms. The first-order valence-electron chi connectivity index (χ1n) is 14.9. The average molecular weight is 581 g/mol. The Morgan fingerprint density at radius 1 is 0.907 bits per heavy atom. The number of carbonyl (C=O) groups is 2. The first kappa shape index (κ1) is 30.3. The summed E-state index contributed by atoms with van der Waals surface area (Å²) in [6.45, 7) is 16.2. The van der Waals surface area contributed by atoms with E-state index in [0.717, 1.165) is 33.4 Å². The Hall–Kier alpha value is -4.19. The number of hydrogen-bond donors (Lipinski definition) is 2. The Kier molecular flexibility index (Phi) is 7.62. The van der Waals surface area contributed by atoms with Gasteiger partial charge in [-0.3, -0.25) is 14.3 Å². The molecule has 6 heteroatoms. The van der Waals surface area contributed by atoms with Crippen molar-refractivity contribution in [3.05, 3.63) is 93.0 Å². The fraction of sp³-hybridized carbons (Fsp3) is 0.378. The molecule has 0 spiro atoms. The number of para-hydroxylation sites is 1. The molecule has 2 aliphatic rings. The highest BCUT2D eigenvalue weighted by Crippen LogP contribution is 2.41. The van der Waals surface area contributed by atoms with E-state index in [2.05, 4.69) is 46.9 Å². The van der Waals surface area contributed by atoms with Gasteiger partial charge in [0.25, 0.3) is 5.75 Å². The zero-order valence-electron chi connectivity index (χ0n) is 26.4. The summed E-state index contributed by atoms with van der Waals surface area (Å²) in [7, 11) is 0. The van der Waals surface area contributed by atoms with Crippen molar-refractivity contribution >= 4 is 29.3 Å². The number of benzene rings is 3. The van der Waals surface area contributed by atoms with Crippen LogP contribution in [0.2, 0.25) is 0 Å². The smallest absolute Gasteiger partial charge is 0.489 e. The molecule has 1 heterocycles. The second-order valence-electron chi connectivity index (χ2n) is 13.9.